The second-order valence-corrected chi connectivity index (χ2v) is 4.60. The predicted octanol–water partition coefficient (Wildman–Crippen LogP) is 2.84. The van der Waals surface area contributed by atoms with Gasteiger partial charge in [0.25, 0.3) is 0 Å². The van der Waals surface area contributed by atoms with Crippen LogP contribution in [-0.4, -0.2) is 10.9 Å². The predicted molar refractivity (Wildman–Crippen MR) is 69.7 cm³/mol. The molecule has 0 atom stereocenters. The van der Waals surface area contributed by atoms with Crippen LogP contribution in [0.25, 0.3) is 10.6 Å². The molecule has 0 spiro atoms. The molecule has 0 bridgehead atoms. The van der Waals surface area contributed by atoms with Crippen LogP contribution in [0.4, 0.5) is 0 Å². The maximum absolute atomic E-state index is 11.2. The molecule has 0 fully saturated rings. The second-order valence-electron chi connectivity index (χ2n) is 3.66. The standard InChI is InChI=1S/C13H14N2OS/c1-2-13(16)15-9-10-5-6-14-11(8-10)12-4-3-7-17-12/h3-8H,2,9H2,1H3,(H,15,16). The zero-order valence-corrected chi connectivity index (χ0v) is 10.5. The monoisotopic (exact) mass is 246 g/mol. The third-order valence-electron chi connectivity index (χ3n) is 2.41. The molecule has 2 aromatic heterocycles. The number of rotatable bonds is 4. The summed E-state index contributed by atoms with van der Waals surface area (Å²) in [7, 11) is 0. The minimum Gasteiger partial charge on any atom is -0.352 e. The first-order valence-corrected chi connectivity index (χ1v) is 6.43. The van der Waals surface area contributed by atoms with Gasteiger partial charge >= 0.3 is 0 Å². The van der Waals surface area contributed by atoms with Gasteiger partial charge in [-0.25, -0.2) is 0 Å². The van der Waals surface area contributed by atoms with Crippen molar-refractivity contribution >= 4 is 17.2 Å². The van der Waals surface area contributed by atoms with Crippen LogP contribution in [0, 0.1) is 0 Å². The van der Waals surface area contributed by atoms with Crippen LogP contribution in [-0.2, 0) is 11.3 Å². The average molecular weight is 246 g/mol. The summed E-state index contributed by atoms with van der Waals surface area (Å²) < 4.78 is 0. The lowest BCUT2D eigenvalue weighted by Crippen LogP contribution is -2.21. The summed E-state index contributed by atoms with van der Waals surface area (Å²) in [5.74, 6) is 0.0690. The SMILES string of the molecule is CCC(=O)NCc1ccnc(-c2cccs2)c1. The van der Waals surface area contributed by atoms with Gasteiger partial charge in [0, 0.05) is 19.2 Å². The third-order valence-corrected chi connectivity index (χ3v) is 3.30. The number of carbonyl (C=O) groups excluding carboxylic acids is 1. The van der Waals surface area contributed by atoms with E-state index < -0.39 is 0 Å². The van der Waals surface area contributed by atoms with E-state index in [0.29, 0.717) is 13.0 Å². The molecule has 3 nitrogen and oxygen atoms in total. The Kier molecular flexibility index (Phi) is 3.88. The van der Waals surface area contributed by atoms with Crippen LogP contribution < -0.4 is 5.32 Å². The van der Waals surface area contributed by atoms with Crippen LogP contribution in [0.5, 0.6) is 0 Å². The summed E-state index contributed by atoms with van der Waals surface area (Å²) >= 11 is 1.66. The van der Waals surface area contributed by atoms with Gasteiger partial charge in [-0.05, 0) is 29.1 Å². The van der Waals surface area contributed by atoms with Gasteiger partial charge in [-0.1, -0.05) is 13.0 Å². The van der Waals surface area contributed by atoms with E-state index >= 15 is 0 Å². The number of aromatic nitrogens is 1. The molecule has 2 heterocycles. The first-order chi connectivity index (χ1) is 8.29. The van der Waals surface area contributed by atoms with Gasteiger partial charge in [0.1, 0.15) is 0 Å². The normalized spacial score (nSPS) is 10.2. The first kappa shape index (κ1) is 11.8. The van der Waals surface area contributed by atoms with Crippen LogP contribution in [0.15, 0.2) is 35.8 Å². The Morgan fingerprint density at radius 3 is 3.06 bits per heavy atom. The highest BCUT2D eigenvalue weighted by atomic mass is 32.1. The number of carbonyl (C=O) groups is 1. The molecule has 0 saturated heterocycles. The summed E-state index contributed by atoms with van der Waals surface area (Å²) in [6.07, 6.45) is 2.30. The van der Waals surface area contributed by atoms with E-state index in [4.69, 9.17) is 0 Å². The maximum atomic E-state index is 11.2. The highest BCUT2D eigenvalue weighted by Crippen LogP contribution is 2.22. The molecule has 0 saturated carbocycles. The van der Waals surface area contributed by atoms with Gasteiger partial charge < -0.3 is 5.32 Å². The molecule has 0 radical (unpaired) electrons. The molecule has 2 aromatic rings. The fraction of sp³-hybridized carbons (Fsp3) is 0.231. The second kappa shape index (κ2) is 5.59. The van der Waals surface area contributed by atoms with E-state index in [9.17, 15) is 4.79 Å². The van der Waals surface area contributed by atoms with Crippen molar-refractivity contribution in [2.75, 3.05) is 0 Å². The molecule has 4 heteroatoms. The third kappa shape index (κ3) is 3.14. The Balaban J connectivity index is 2.09. The van der Waals surface area contributed by atoms with E-state index in [1.54, 1.807) is 17.5 Å². The van der Waals surface area contributed by atoms with Crippen LogP contribution >= 0.6 is 11.3 Å². The van der Waals surface area contributed by atoms with Crippen molar-refractivity contribution in [1.82, 2.24) is 10.3 Å². The molecule has 0 aromatic carbocycles. The Bertz CT molecular complexity index is 494. The van der Waals surface area contributed by atoms with Crippen molar-refractivity contribution < 1.29 is 4.79 Å². The average Bonchev–Trinajstić information content (AvgIpc) is 2.90. The zero-order chi connectivity index (χ0) is 12.1. The molecule has 88 valence electrons. The topological polar surface area (TPSA) is 42.0 Å². The number of nitrogens with zero attached hydrogens (tertiary/aromatic N) is 1. The van der Waals surface area contributed by atoms with Crippen molar-refractivity contribution in [2.45, 2.75) is 19.9 Å². The smallest absolute Gasteiger partial charge is 0.219 e. The van der Waals surface area contributed by atoms with Crippen molar-refractivity contribution in [3.05, 3.63) is 41.4 Å². The van der Waals surface area contributed by atoms with Gasteiger partial charge in [0.2, 0.25) is 5.91 Å². The summed E-state index contributed by atoms with van der Waals surface area (Å²) in [5, 5.41) is 4.89. The molecule has 0 aliphatic heterocycles. The van der Waals surface area contributed by atoms with Crippen molar-refractivity contribution in [2.24, 2.45) is 0 Å². The number of thiophene rings is 1. The van der Waals surface area contributed by atoms with E-state index in [2.05, 4.69) is 10.3 Å². The Morgan fingerprint density at radius 2 is 2.35 bits per heavy atom. The Morgan fingerprint density at radius 1 is 1.47 bits per heavy atom. The lowest BCUT2D eigenvalue weighted by Gasteiger charge is -2.04. The molecular weight excluding hydrogens is 232 g/mol. The number of hydrogen-bond acceptors (Lipinski definition) is 3. The fourth-order valence-corrected chi connectivity index (χ4v) is 2.16. The Labute approximate surface area is 105 Å². The van der Waals surface area contributed by atoms with Gasteiger partial charge in [-0.3, -0.25) is 9.78 Å². The molecule has 0 unspecified atom stereocenters. The van der Waals surface area contributed by atoms with Gasteiger partial charge in [-0.2, -0.15) is 0 Å². The van der Waals surface area contributed by atoms with Crippen LogP contribution in [0.2, 0.25) is 0 Å². The van der Waals surface area contributed by atoms with E-state index in [1.165, 1.54) is 0 Å². The summed E-state index contributed by atoms with van der Waals surface area (Å²) in [5.41, 5.74) is 2.04. The van der Waals surface area contributed by atoms with Gasteiger partial charge in [0.15, 0.2) is 0 Å². The van der Waals surface area contributed by atoms with Gasteiger partial charge in [0.05, 0.1) is 10.6 Å². The van der Waals surface area contributed by atoms with Crippen molar-refractivity contribution in [3.8, 4) is 10.6 Å². The minimum absolute atomic E-state index is 0.0690. The lowest BCUT2D eigenvalue weighted by molar-refractivity contribution is -0.120. The van der Waals surface area contributed by atoms with E-state index in [0.717, 1.165) is 16.1 Å². The summed E-state index contributed by atoms with van der Waals surface area (Å²) in [6, 6.07) is 7.99. The molecule has 2 rings (SSSR count). The number of hydrogen-bond donors (Lipinski definition) is 1. The maximum Gasteiger partial charge on any atom is 0.219 e. The lowest BCUT2D eigenvalue weighted by atomic mass is 10.2. The quantitative estimate of drug-likeness (QED) is 0.901. The number of amides is 1. The Hall–Kier alpha value is -1.68. The summed E-state index contributed by atoms with van der Waals surface area (Å²) in [6.45, 7) is 2.41. The van der Waals surface area contributed by atoms with Crippen LogP contribution in [0.1, 0.15) is 18.9 Å². The molecule has 1 N–H and O–H groups in total. The molecular formula is C13H14N2OS. The largest absolute Gasteiger partial charge is 0.352 e. The molecule has 0 aliphatic rings. The molecule has 17 heavy (non-hydrogen) atoms. The van der Waals surface area contributed by atoms with Gasteiger partial charge in [-0.15, -0.1) is 11.3 Å². The van der Waals surface area contributed by atoms with Crippen molar-refractivity contribution in [1.29, 1.82) is 0 Å². The summed E-state index contributed by atoms with van der Waals surface area (Å²) in [4.78, 5) is 16.6. The highest BCUT2D eigenvalue weighted by molar-refractivity contribution is 7.13. The first-order valence-electron chi connectivity index (χ1n) is 5.55. The molecule has 1 amide bonds. The number of pyridine rings is 1. The highest BCUT2D eigenvalue weighted by Gasteiger charge is 2.02. The minimum atomic E-state index is 0.0690. The fourth-order valence-electron chi connectivity index (χ4n) is 1.47. The number of nitrogens with one attached hydrogen (secondary N) is 1. The van der Waals surface area contributed by atoms with E-state index in [-0.39, 0.29) is 5.91 Å². The van der Waals surface area contributed by atoms with Crippen LogP contribution in [0.3, 0.4) is 0 Å². The van der Waals surface area contributed by atoms with E-state index in [1.807, 2.05) is 36.6 Å². The zero-order valence-electron chi connectivity index (χ0n) is 9.64. The molecule has 0 aliphatic carbocycles. The van der Waals surface area contributed by atoms with Crippen molar-refractivity contribution in [3.63, 3.8) is 0 Å².